The van der Waals surface area contributed by atoms with Crippen molar-refractivity contribution in [1.29, 1.82) is 0 Å². The van der Waals surface area contributed by atoms with E-state index in [4.69, 9.17) is 4.74 Å². The van der Waals surface area contributed by atoms with Crippen LogP contribution in [0, 0.1) is 6.92 Å². The number of hydrogen-bond acceptors (Lipinski definition) is 1. The van der Waals surface area contributed by atoms with Gasteiger partial charge in [-0.2, -0.15) is 4.57 Å². The molecule has 2 heteroatoms. The van der Waals surface area contributed by atoms with Crippen LogP contribution in [0.4, 0.5) is 0 Å². The highest BCUT2D eigenvalue weighted by Crippen LogP contribution is 2.13. The summed E-state index contributed by atoms with van der Waals surface area (Å²) >= 11 is 0. The second-order valence-electron chi connectivity index (χ2n) is 8.15. The van der Waals surface area contributed by atoms with E-state index < -0.39 is 0 Å². The Kier molecular flexibility index (Phi) is 15.4. The summed E-state index contributed by atoms with van der Waals surface area (Å²) in [5.74, 6) is 0. The molecule has 0 aliphatic rings. The van der Waals surface area contributed by atoms with Gasteiger partial charge in [-0.1, -0.05) is 97.3 Å². The fourth-order valence-electron chi connectivity index (χ4n) is 3.68. The number of unbranched alkanes of at least 4 members (excludes halogenated alkanes) is 13. The highest BCUT2D eigenvalue weighted by atomic mass is 16.5. The molecule has 1 heterocycles. The summed E-state index contributed by atoms with van der Waals surface area (Å²) in [4.78, 5) is 0. The highest BCUT2D eigenvalue weighted by molar-refractivity contribution is 5.18. The number of ether oxygens (including phenoxy) is 1. The lowest BCUT2D eigenvalue weighted by molar-refractivity contribution is -0.733. The number of aromatic nitrogens is 1. The quantitative estimate of drug-likeness (QED) is 0.193. The van der Waals surface area contributed by atoms with Gasteiger partial charge in [-0.05, 0) is 25.3 Å². The number of nitrogens with zero attached hydrogens (tertiary/aromatic N) is 1. The smallest absolute Gasteiger partial charge is 0.252 e. The molecular formula is C25H46NO+. The molecule has 1 aromatic heterocycles. The third kappa shape index (κ3) is 13.0. The summed E-state index contributed by atoms with van der Waals surface area (Å²) in [5.41, 5.74) is 2.79. The van der Waals surface area contributed by atoms with E-state index in [9.17, 15) is 0 Å². The first-order valence-electron chi connectivity index (χ1n) is 11.8. The third-order valence-electron chi connectivity index (χ3n) is 5.61. The Bertz CT molecular complexity index is 458. The first kappa shape index (κ1) is 24.1. The number of aryl methyl sites for hydroxylation is 2. The van der Waals surface area contributed by atoms with Crippen LogP contribution in [0.3, 0.4) is 0 Å². The molecule has 27 heavy (non-hydrogen) atoms. The Morgan fingerprint density at radius 3 is 1.78 bits per heavy atom. The van der Waals surface area contributed by atoms with E-state index in [0.717, 1.165) is 13.0 Å². The molecule has 0 amide bonds. The summed E-state index contributed by atoms with van der Waals surface area (Å²) in [6.07, 6.45) is 25.1. The molecule has 0 saturated heterocycles. The maximum absolute atomic E-state index is 5.83. The average Bonchev–Trinajstić information content (AvgIpc) is 2.68. The molecule has 0 aromatic carbocycles. The fraction of sp³-hybridized carbons (Fsp3) is 0.800. The predicted molar refractivity (Wildman–Crippen MR) is 117 cm³/mol. The van der Waals surface area contributed by atoms with Crippen molar-refractivity contribution >= 4 is 0 Å². The standard InChI is InChI=1S/C25H46NO/c1-4-6-7-8-9-10-11-12-13-14-15-16-17-18-21-27-23-26-20-19-24(3)25(5-2)22-26/h19-20,22H,4-18,21,23H2,1-3H3/q+1. The van der Waals surface area contributed by atoms with Crippen LogP contribution in [0.2, 0.25) is 0 Å². The summed E-state index contributed by atoms with van der Waals surface area (Å²) in [7, 11) is 0. The molecule has 1 rings (SSSR count). The molecule has 0 unspecified atom stereocenters. The maximum Gasteiger partial charge on any atom is 0.252 e. The van der Waals surface area contributed by atoms with E-state index in [0.29, 0.717) is 6.73 Å². The van der Waals surface area contributed by atoms with Crippen molar-refractivity contribution in [3.8, 4) is 0 Å². The van der Waals surface area contributed by atoms with Crippen molar-refractivity contribution < 1.29 is 9.30 Å². The monoisotopic (exact) mass is 376 g/mol. The maximum atomic E-state index is 5.83. The number of pyridine rings is 1. The van der Waals surface area contributed by atoms with Gasteiger partial charge in [0.2, 0.25) is 0 Å². The normalized spacial score (nSPS) is 11.2. The second kappa shape index (κ2) is 17.2. The molecule has 0 spiro atoms. The van der Waals surface area contributed by atoms with E-state index in [-0.39, 0.29) is 0 Å². The molecule has 1 aromatic rings. The SMILES string of the molecule is CCCCCCCCCCCCCCCCOC[n+]1ccc(C)c(CC)c1. The number of rotatable bonds is 18. The topological polar surface area (TPSA) is 13.1 Å². The Labute approximate surface area is 169 Å². The van der Waals surface area contributed by atoms with Gasteiger partial charge in [0.15, 0.2) is 12.4 Å². The molecule has 2 nitrogen and oxygen atoms in total. The van der Waals surface area contributed by atoms with Crippen LogP contribution in [0.25, 0.3) is 0 Å². The van der Waals surface area contributed by atoms with Gasteiger partial charge in [0.1, 0.15) is 0 Å². The van der Waals surface area contributed by atoms with Crippen molar-refractivity contribution in [2.75, 3.05) is 6.61 Å². The Morgan fingerprint density at radius 2 is 1.26 bits per heavy atom. The van der Waals surface area contributed by atoms with Gasteiger partial charge >= 0.3 is 0 Å². The lowest BCUT2D eigenvalue weighted by Crippen LogP contribution is -2.35. The van der Waals surface area contributed by atoms with Gasteiger partial charge in [0.05, 0.1) is 6.61 Å². The van der Waals surface area contributed by atoms with Crippen molar-refractivity contribution in [3.63, 3.8) is 0 Å². The lowest BCUT2D eigenvalue weighted by Gasteiger charge is -2.05. The lowest BCUT2D eigenvalue weighted by atomic mass is 10.0. The molecule has 0 saturated carbocycles. The molecular weight excluding hydrogens is 330 g/mol. The minimum Gasteiger partial charge on any atom is -0.323 e. The van der Waals surface area contributed by atoms with E-state index >= 15 is 0 Å². The third-order valence-corrected chi connectivity index (χ3v) is 5.61. The van der Waals surface area contributed by atoms with Crippen molar-refractivity contribution in [3.05, 3.63) is 29.6 Å². The largest absolute Gasteiger partial charge is 0.323 e. The zero-order valence-corrected chi connectivity index (χ0v) is 18.6. The fourth-order valence-corrected chi connectivity index (χ4v) is 3.68. The summed E-state index contributed by atoms with van der Waals surface area (Å²) in [6.45, 7) is 8.26. The van der Waals surface area contributed by atoms with Crippen molar-refractivity contribution in [2.45, 2.75) is 124 Å². The van der Waals surface area contributed by atoms with E-state index in [2.05, 4.69) is 43.8 Å². The van der Waals surface area contributed by atoms with Crippen LogP contribution in [0.5, 0.6) is 0 Å². The summed E-state index contributed by atoms with van der Waals surface area (Å²) < 4.78 is 7.99. The van der Waals surface area contributed by atoms with Crippen LogP contribution in [0.15, 0.2) is 18.5 Å². The molecule has 0 aliphatic heterocycles. The first-order chi connectivity index (χ1) is 13.3. The van der Waals surface area contributed by atoms with E-state index in [1.165, 1.54) is 101 Å². The van der Waals surface area contributed by atoms with Crippen LogP contribution in [-0.4, -0.2) is 6.61 Å². The molecule has 156 valence electrons. The van der Waals surface area contributed by atoms with Crippen LogP contribution in [-0.2, 0) is 17.9 Å². The van der Waals surface area contributed by atoms with Gasteiger partial charge in [-0.15, -0.1) is 0 Å². The summed E-state index contributed by atoms with van der Waals surface area (Å²) in [6, 6.07) is 2.19. The van der Waals surface area contributed by atoms with Gasteiger partial charge < -0.3 is 4.74 Å². The van der Waals surface area contributed by atoms with Gasteiger partial charge in [-0.25, -0.2) is 0 Å². The van der Waals surface area contributed by atoms with E-state index in [1.807, 2.05) is 0 Å². The molecule has 0 bridgehead atoms. The predicted octanol–water partition coefficient (Wildman–Crippen LogP) is 7.30. The molecule has 0 N–H and O–H groups in total. The highest BCUT2D eigenvalue weighted by Gasteiger charge is 2.04. The van der Waals surface area contributed by atoms with Gasteiger partial charge in [0.25, 0.3) is 6.73 Å². The second-order valence-corrected chi connectivity index (χ2v) is 8.15. The van der Waals surface area contributed by atoms with Crippen LogP contribution in [0.1, 0.15) is 115 Å². The Hall–Kier alpha value is -0.890. The van der Waals surface area contributed by atoms with Gasteiger partial charge in [-0.3, -0.25) is 0 Å². The molecule has 0 radical (unpaired) electrons. The Morgan fingerprint density at radius 1 is 0.741 bits per heavy atom. The first-order valence-corrected chi connectivity index (χ1v) is 11.8. The molecule has 0 atom stereocenters. The summed E-state index contributed by atoms with van der Waals surface area (Å²) in [5, 5.41) is 0. The molecule has 0 aliphatic carbocycles. The molecule has 0 fully saturated rings. The Balaban J connectivity index is 1.83. The van der Waals surface area contributed by atoms with Crippen molar-refractivity contribution in [1.82, 2.24) is 0 Å². The van der Waals surface area contributed by atoms with E-state index in [1.54, 1.807) is 0 Å². The zero-order chi connectivity index (χ0) is 19.6. The minimum absolute atomic E-state index is 0.686. The minimum atomic E-state index is 0.686. The van der Waals surface area contributed by atoms with Crippen LogP contribution >= 0.6 is 0 Å². The van der Waals surface area contributed by atoms with Crippen molar-refractivity contribution in [2.24, 2.45) is 0 Å². The van der Waals surface area contributed by atoms with Crippen LogP contribution < -0.4 is 4.57 Å². The van der Waals surface area contributed by atoms with Gasteiger partial charge in [0, 0.05) is 11.6 Å². The zero-order valence-electron chi connectivity index (χ0n) is 18.6. The average molecular weight is 377 g/mol. The number of hydrogen-bond donors (Lipinski definition) is 0.